The first-order chi connectivity index (χ1) is 10.8. The van der Waals surface area contributed by atoms with E-state index in [0.717, 1.165) is 24.2 Å². The van der Waals surface area contributed by atoms with Gasteiger partial charge in [-0.05, 0) is 48.8 Å². The molecule has 1 N–H and O–H groups in total. The molecule has 0 unspecified atom stereocenters. The summed E-state index contributed by atoms with van der Waals surface area (Å²) in [6.07, 6.45) is 2.61. The molecule has 4 nitrogen and oxygen atoms in total. The highest BCUT2D eigenvalue weighted by atomic mass is 16.2. The second kappa shape index (κ2) is 5.61. The van der Waals surface area contributed by atoms with Crippen molar-refractivity contribution >= 4 is 22.5 Å². The van der Waals surface area contributed by atoms with Crippen LogP contribution >= 0.6 is 0 Å². The van der Waals surface area contributed by atoms with E-state index in [-0.39, 0.29) is 6.03 Å². The van der Waals surface area contributed by atoms with Crippen LogP contribution in [0.15, 0.2) is 42.5 Å². The molecule has 114 valence electrons. The predicted molar refractivity (Wildman–Crippen MR) is 89.1 cm³/mol. The topological polar surface area (TPSA) is 35.6 Å². The fourth-order valence-corrected chi connectivity index (χ4v) is 3.43. The van der Waals surface area contributed by atoms with Gasteiger partial charge in [0.2, 0.25) is 0 Å². The van der Waals surface area contributed by atoms with Crippen molar-refractivity contribution in [1.82, 2.24) is 9.80 Å². The van der Waals surface area contributed by atoms with Gasteiger partial charge in [0.15, 0.2) is 0 Å². The van der Waals surface area contributed by atoms with Gasteiger partial charge in [-0.2, -0.15) is 0 Å². The van der Waals surface area contributed by atoms with Crippen molar-refractivity contribution < 1.29 is 4.79 Å². The van der Waals surface area contributed by atoms with Gasteiger partial charge < -0.3 is 10.2 Å². The fraction of sp³-hybridized carbons (Fsp3) is 0.389. The lowest BCUT2D eigenvalue weighted by Crippen LogP contribution is -2.61. The lowest BCUT2D eigenvalue weighted by molar-refractivity contribution is 0.0776. The minimum atomic E-state index is 0.0192. The number of hydrogen-bond donors (Lipinski definition) is 1. The molecule has 2 fully saturated rings. The van der Waals surface area contributed by atoms with Crippen molar-refractivity contribution in [3.8, 4) is 0 Å². The van der Waals surface area contributed by atoms with E-state index in [0.29, 0.717) is 6.04 Å². The van der Waals surface area contributed by atoms with Gasteiger partial charge in [0.25, 0.3) is 0 Å². The molecule has 2 saturated heterocycles. The molecule has 0 bridgehead atoms. The Morgan fingerprint density at radius 2 is 1.73 bits per heavy atom. The number of carbonyl (C=O) groups is 1. The van der Waals surface area contributed by atoms with Gasteiger partial charge in [0.1, 0.15) is 0 Å². The summed E-state index contributed by atoms with van der Waals surface area (Å²) in [4.78, 5) is 16.7. The Hall–Kier alpha value is -2.07. The Labute approximate surface area is 130 Å². The van der Waals surface area contributed by atoms with Gasteiger partial charge in [-0.25, -0.2) is 4.79 Å². The second-order valence-electron chi connectivity index (χ2n) is 6.29. The summed E-state index contributed by atoms with van der Waals surface area (Å²) in [6, 6.07) is 14.8. The fourth-order valence-electron chi connectivity index (χ4n) is 3.43. The average molecular weight is 295 g/mol. The van der Waals surface area contributed by atoms with E-state index in [1.807, 2.05) is 35.2 Å². The maximum absolute atomic E-state index is 12.3. The van der Waals surface area contributed by atoms with Crippen LogP contribution in [0.2, 0.25) is 0 Å². The molecule has 2 aliphatic rings. The Morgan fingerprint density at radius 1 is 1.00 bits per heavy atom. The number of carbonyl (C=O) groups excluding carboxylic acids is 1. The first kappa shape index (κ1) is 13.6. The van der Waals surface area contributed by atoms with E-state index >= 15 is 0 Å². The number of nitrogens with zero attached hydrogens (tertiary/aromatic N) is 2. The molecule has 22 heavy (non-hydrogen) atoms. The van der Waals surface area contributed by atoms with Crippen LogP contribution in [-0.4, -0.2) is 48.1 Å². The van der Waals surface area contributed by atoms with Crippen molar-refractivity contribution in [2.24, 2.45) is 0 Å². The summed E-state index contributed by atoms with van der Waals surface area (Å²) in [6.45, 7) is 4.12. The monoisotopic (exact) mass is 295 g/mol. The zero-order valence-corrected chi connectivity index (χ0v) is 12.7. The SMILES string of the molecule is O=C(Nc1ccc2ccccc2c1)N1CC(N2CCCC2)C1. The summed E-state index contributed by atoms with van der Waals surface area (Å²) >= 11 is 0. The molecule has 2 aromatic carbocycles. The van der Waals surface area contributed by atoms with Crippen molar-refractivity contribution in [2.75, 3.05) is 31.5 Å². The van der Waals surface area contributed by atoms with E-state index in [9.17, 15) is 4.79 Å². The van der Waals surface area contributed by atoms with Gasteiger partial charge >= 0.3 is 6.03 Å². The normalized spacial score (nSPS) is 19.4. The number of hydrogen-bond acceptors (Lipinski definition) is 2. The first-order valence-electron chi connectivity index (χ1n) is 8.08. The number of urea groups is 1. The summed E-state index contributed by atoms with van der Waals surface area (Å²) in [5, 5.41) is 5.36. The predicted octanol–water partition coefficient (Wildman–Crippen LogP) is 3.15. The summed E-state index contributed by atoms with van der Waals surface area (Å²) in [5.41, 5.74) is 0.869. The summed E-state index contributed by atoms with van der Waals surface area (Å²) in [5.74, 6) is 0. The first-order valence-corrected chi connectivity index (χ1v) is 8.08. The molecule has 2 aliphatic heterocycles. The van der Waals surface area contributed by atoms with Crippen molar-refractivity contribution in [2.45, 2.75) is 18.9 Å². The highest BCUT2D eigenvalue weighted by Gasteiger charge is 2.35. The third kappa shape index (κ3) is 2.55. The van der Waals surface area contributed by atoms with Crippen LogP contribution in [-0.2, 0) is 0 Å². The van der Waals surface area contributed by atoms with Crippen molar-refractivity contribution in [1.29, 1.82) is 0 Å². The average Bonchev–Trinajstić information content (AvgIpc) is 2.99. The molecule has 4 heteroatoms. The molecule has 0 aromatic heterocycles. The van der Waals surface area contributed by atoms with Gasteiger partial charge in [-0.3, -0.25) is 4.90 Å². The number of amides is 2. The highest BCUT2D eigenvalue weighted by Crippen LogP contribution is 2.22. The molecule has 0 spiro atoms. The lowest BCUT2D eigenvalue weighted by atomic mass is 10.1. The molecule has 4 rings (SSSR count). The van der Waals surface area contributed by atoms with Crippen LogP contribution in [0.5, 0.6) is 0 Å². The zero-order valence-electron chi connectivity index (χ0n) is 12.7. The maximum Gasteiger partial charge on any atom is 0.321 e. The number of benzene rings is 2. The quantitative estimate of drug-likeness (QED) is 0.924. The van der Waals surface area contributed by atoms with Crippen LogP contribution in [0.1, 0.15) is 12.8 Å². The second-order valence-corrected chi connectivity index (χ2v) is 6.29. The molecule has 2 aromatic rings. The molecule has 2 amide bonds. The largest absolute Gasteiger partial charge is 0.321 e. The number of anilines is 1. The van der Waals surface area contributed by atoms with Crippen LogP contribution in [0, 0.1) is 0 Å². The molecule has 0 aliphatic carbocycles. The maximum atomic E-state index is 12.3. The minimum Gasteiger partial charge on any atom is -0.321 e. The van der Waals surface area contributed by atoms with Gasteiger partial charge in [-0.15, -0.1) is 0 Å². The number of nitrogens with one attached hydrogen (secondary N) is 1. The third-order valence-corrected chi connectivity index (χ3v) is 4.81. The number of fused-ring (bicyclic) bond motifs is 1. The van der Waals surface area contributed by atoms with Crippen LogP contribution in [0.3, 0.4) is 0 Å². The molecular formula is C18H21N3O. The van der Waals surface area contributed by atoms with E-state index in [1.165, 1.54) is 31.3 Å². The summed E-state index contributed by atoms with van der Waals surface area (Å²) < 4.78 is 0. The van der Waals surface area contributed by atoms with Crippen LogP contribution in [0.4, 0.5) is 10.5 Å². The van der Waals surface area contributed by atoms with E-state index in [4.69, 9.17) is 0 Å². The molecule has 0 radical (unpaired) electrons. The highest BCUT2D eigenvalue weighted by molar-refractivity contribution is 5.93. The van der Waals surface area contributed by atoms with Gasteiger partial charge in [0.05, 0.1) is 0 Å². The van der Waals surface area contributed by atoms with Crippen LogP contribution in [0.25, 0.3) is 10.8 Å². The van der Waals surface area contributed by atoms with Crippen LogP contribution < -0.4 is 5.32 Å². The molecule has 2 heterocycles. The Kier molecular flexibility index (Phi) is 3.47. The Balaban J connectivity index is 1.37. The standard InChI is InChI=1S/C18H21N3O/c22-18(21-12-17(13-21)20-9-3-4-10-20)19-16-8-7-14-5-1-2-6-15(14)11-16/h1-2,5-8,11,17H,3-4,9-10,12-13H2,(H,19,22). The summed E-state index contributed by atoms with van der Waals surface area (Å²) in [7, 11) is 0. The van der Waals surface area contributed by atoms with Gasteiger partial charge in [-0.1, -0.05) is 30.3 Å². The number of rotatable bonds is 2. The van der Waals surface area contributed by atoms with E-state index in [2.05, 4.69) is 22.3 Å². The molecule has 0 saturated carbocycles. The van der Waals surface area contributed by atoms with Gasteiger partial charge in [0, 0.05) is 24.8 Å². The van der Waals surface area contributed by atoms with Crippen molar-refractivity contribution in [3.63, 3.8) is 0 Å². The molecular weight excluding hydrogens is 274 g/mol. The smallest absolute Gasteiger partial charge is 0.321 e. The lowest BCUT2D eigenvalue weighted by Gasteiger charge is -2.43. The van der Waals surface area contributed by atoms with E-state index in [1.54, 1.807) is 0 Å². The Morgan fingerprint density at radius 3 is 2.50 bits per heavy atom. The van der Waals surface area contributed by atoms with Crippen molar-refractivity contribution in [3.05, 3.63) is 42.5 Å². The Bertz CT molecular complexity index is 688. The minimum absolute atomic E-state index is 0.0192. The molecule has 0 atom stereocenters. The number of likely N-dealkylation sites (tertiary alicyclic amines) is 2. The zero-order chi connectivity index (χ0) is 14.9. The van der Waals surface area contributed by atoms with E-state index < -0.39 is 0 Å². The third-order valence-electron chi connectivity index (χ3n) is 4.81.